The van der Waals surface area contributed by atoms with Crippen molar-refractivity contribution < 1.29 is 10.2 Å². The number of aliphatic hydroxyl groups excluding tert-OH is 2. The summed E-state index contributed by atoms with van der Waals surface area (Å²) in [6.45, 7) is 7.01. The van der Waals surface area contributed by atoms with Gasteiger partial charge < -0.3 is 15.6 Å². The third-order valence-electron chi connectivity index (χ3n) is 9.11. The van der Waals surface area contributed by atoms with Crippen LogP contribution >= 0.6 is 0 Å². The Morgan fingerprint density at radius 2 is 1.93 bits per heavy atom. The van der Waals surface area contributed by atoms with Crippen molar-refractivity contribution in [1.82, 2.24) is 0 Å². The molecule has 2 saturated carbocycles. The van der Waals surface area contributed by atoms with Gasteiger partial charge in [0.05, 0.1) is 12.2 Å². The van der Waals surface area contributed by atoms with E-state index in [0.29, 0.717) is 17.3 Å². The van der Waals surface area contributed by atoms with Gasteiger partial charge in [-0.2, -0.15) is 0 Å². The molecule has 3 aliphatic rings. The highest BCUT2D eigenvalue weighted by molar-refractivity contribution is 5.53. The normalized spacial score (nSPS) is 44.2. The SMILES string of the molecule is CCC(O)CCCC1CCC2C(CC=N)C(C3(C)C=CC(O)CC3)CCC12C. The van der Waals surface area contributed by atoms with Crippen LogP contribution in [0.15, 0.2) is 12.2 Å². The molecule has 8 unspecified atom stereocenters. The topological polar surface area (TPSA) is 64.3 Å². The Morgan fingerprint density at radius 1 is 1.14 bits per heavy atom. The first-order valence-electron chi connectivity index (χ1n) is 11.9. The van der Waals surface area contributed by atoms with E-state index < -0.39 is 0 Å². The lowest BCUT2D eigenvalue weighted by molar-refractivity contribution is -0.0308. The van der Waals surface area contributed by atoms with Gasteiger partial charge in [-0.25, -0.2) is 0 Å². The Bertz CT molecular complexity index is 561. The van der Waals surface area contributed by atoms with Crippen LogP contribution in [0.2, 0.25) is 0 Å². The molecule has 3 N–H and O–H groups in total. The second-order valence-corrected chi connectivity index (χ2v) is 10.6. The molecule has 0 spiro atoms. The van der Waals surface area contributed by atoms with Crippen LogP contribution in [0.25, 0.3) is 0 Å². The zero-order chi connectivity index (χ0) is 20.4. The Balaban J connectivity index is 1.73. The Kier molecular flexibility index (Phi) is 7.08. The predicted molar refractivity (Wildman–Crippen MR) is 117 cm³/mol. The smallest absolute Gasteiger partial charge is 0.0721 e. The molecular formula is C25H43NO2. The third kappa shape index (κ3) is 4.26. The molecule has 0 radical (unpaired) electrons. The lowest BCUT2D eigenvalue weighted by atomic mass is 9.51. The molecule has 8 atom stereocenters. The highest BCUT2D eigenvalue weighted by Gasteiger charge is 2.55. The summed E-state index contributed by atoms with van der Waals surface area (Å²) in [5, 5.41) is 27.7. The van der Waals surface area contributed by atoms with Crippen molar-refractivity contribution in [2.45, 2.75) is 104 Å². The van der Waals surface area contributed by atoms with Crippen molar-refractivity contribution in [1.29, 1.82) is 5.41 Å². The number of allylic oxidation sites excluding steroid dienone is 1. The van der Waals surface area contributed by atoms with Crippen LogP contribution in [-0.2, 0) is 0 Å². The van der Waals surface area contributed by atoms with Crippen molar-refractivity contribution in [2.75, 3.05) is 0 Å². The van der Waals surface area contributed by atoms with E-state index in [2.05, 4.69) is 26.8 Å². The van der Waals surface area contributed by atoms with Gasteiger partial charge in [-0.15, -0.1) is 0 Å². The predicted octanol–water partition coefficient (Wildman–Crippen LogP) is 5.74. The molecule has 0 aromatic rings. The summed E-state index contributed by atoms with van der Waals surface area (Å²) in [5.74, 6) is 2.75. The quantitative estimate of drug-likeness (QED) is 0.366. The first kappa shape index (κ1) is 22.0. The zero-order valence-corrected chi connectivity index (χ0v) is 18.4. The van der Waals surface area contributed by atoms with E-state index in [9.17, 15) is 10.2 Å². The number of aliphatic hydroxyl groups is 2. The number of hydrogen-bond acceptors (Lipinski definition) is 3. The summed E-state index contributed by atoms with van der Waals surface area (Å²) in [4.78, 5) is 0. The highest BCUT2D eigenvalue weighted by Crippen LogP contribution is 2.63. The van der Waals surface area contributed by atoms with Gasteiger partial charge in [-0.05, 0) is 105 Å². The van der Waals surface area contributed by atoms with Gasteiger partial charge in [-0.1, -0.05) is 39.3 Å². The van der Waals surface area contributed by atoms with E-state index in [1.807, 2.05) is 6.08 Å². The second-order valence-electron chi connectivity index (χ2n) is 10.6. The van der Waals surface area contributed by atoms with Crippen molar-refractivity contribution in [3.05, 3.63) is 12.2 Å². The maximum absolute atomic E-state index is 9.93. The van der Waals surface area contributed by atoms with Crippen molar-refractivity contribution in [3.63, 3.8) is 0 Å². The van der Waals surface area contributed by atoms with E-state index in [4.69, 9.17) is 5.41 Å². The largest absolute Gasteiger partial charge is 0.393 e. The van der Waals surface area contributed by atoms with Crippen LogP contribution in [0.3, 0.4) is 0 Å². The van der Waals surface area contributed by atoms with E-state index >= 15 is 0 Å². The molecule has 0 aliphatic heterocycles. The minimum Gasteiger partial charge on any atom is -0.393 e. The van der Waals surface area contributed by atoms with Crippen molar-refractivity contribution in [2.24, 2.45) is 34.5 Å². The molecule has 2 fully saturated rings. The molecular weight excluding hydrogens is 346 g/mol. The summed E-state index contributed by atoms with van der Waals surface area (Å²) in [6.07, 6.45) is 17.9. The number of hydrogen-bond donors (Lipinski definition) is 3. The molecule has 0 aromatic heterocycles. The molecule has 0 heterocycles. The minimum atomic E-state index is -0.266. The fraction of sp³-hybridized carbons (Fsp3) is 0.880. The third-order valence-corrected chi connectivity index (χ3v) is 9.11. The summed E-state index contributed by atoms with van der Waals surface area (Å²) in [5.41, 5.74) is 0.590. The monoisotopic (exact) mass is 389 g/mol. The van der Waals surface area contributed by atoms with Crippen LogP contribution in [-0.4, -0.2) is 28.6 Å². The molecule has 3 rings (SSSR count). The van der Waals surface area contributed by atoms with Crippen LogP contribution < -0.4 is 0 Å². The summed E-state index contributed by atoms with van der Waals surface area (Å²) >= 11 is 0. The molecule has 0 saturated heterocycles. The van der Waals surface area contributed by atoms with Gasteiger partial charge in [0.1, 0.15) is 0 Å². The zero-order valence-electron chi connectivity index (χ0n) is 18.4. The van der Waals surface area contributed by atoms with Crippen molar-refractivity contribution >= 4 is 6.21 Å². The van der Waals surface area contributed by atoms with Gasteiger partial charge in [0.2, 0.25) is 0 Å². The van der Waals surface area contributed by atoms with E-state index in [1.54, 1.807) is 6.21 Å². The average Bonchev–Trinajstić information content (AvgIpc) is 3.01. The molecule has 3 aliphatic carbocycles. The molecule has 160 valence electrons. The maximum atomic E-state index is 9.93. The van der Waals surface area contributed by atoms with Gasteiger partial charge >= 0.3 is 0 Å². The number of fused-ring (bicyclic) bond motifs is 1. The Hall–Kier alpha value is -0.670. The maximum Gasteiger partial charge on any atom is 0.0721 e. The first-order valence-corrected chi connectivity index (χ1v) is 11.9. The fourth-order valence-corrected chi connectivity index (χ4v) is 7.24. The minimum absolute atomic E-state index is 0.125. The molecule has 28 heavy (non-hydrogen) atoms. The summed E-state index contributed by atoms with van der Waals surface area (Å²) < 4.78 is 0. The van der Waals surface area contributed by atoms with Crippen LogP contribution in [0, 0.1) is 39.9 Å². The summed E-state index contributed by atoms with van der Waals surface area (Å²) in [6, 6.07) is 0. The van der Waals surface area contributed by atoms with E-state index in [0.717, 1.165) is 50.4 Å². The molecule has 0 aromatic carbocycles. The number of rotatable bonds is 8. The fourth-order valence-electron chi connectivity index (χ4n) is 7.24. The Labute approximate surface area is 172 Å². The average molecular weight is 390 g/mol. The highest BCUT2D eigenvalue weighted by atomic mass is 16.3. The van der Waals surface area contributed by atoms with E-state index in [1.165, 1.54) is 32.1 Å². The summed E-state index contributed by atoms with van der Waals surface area (Å²) in [7, 11) is 0. The van der Waals surface area contributed by atoms with Crippen molar-refractivity contribution in [3.8, 4) is 0 Å². The second kappa shape index (κ2) is 9.00. The lowest BCUT2D eigenvalue weighted by Gasteiger charge is -2.54. The standard InChI is InChI=1S/C25H43NO2/c1-4-19(27)7-5-6-18-8-9-23-21(13-17-26)22(12-16-25(18,23)3)24(2)14-10-20(28)11-15-24/h10,14,17-23,26-28H,4-9,11-13,15-16H2,1-3H3. The van der Waals surface area contributed by atoms with Gasteiger partial charge in [0, 0.05) is 0 Å². The van der Waals surface area contributed by atoms with E-state index in [-0.39, 0.29) is 17.6 Å². The number of nitrogens with one attached hydrogen (secondary N) is 1. The Morgan fingerprint density at radius 3 is 2.57 bits per heavy atom. The van der Waals surface area contributed by atoms with Gasteiger partial charge in [0.15, 0.2) is 0 Å². The lowest BCUT2D eigenvalue weighted by Crippen LogP contribution is -2.47. The van der Waals surface area contributed by atoms with Crippen LogP contribution in [0.4, 0.5) is 0 Å². The molecule has 3 heteroatoms. The van der Waals surface area contributed by atoms with Gasteiger partial charge in [0.25, 0.3) is 0 Å². The molecule has 0 bridgehead atoms. The van der Waals surface area contributed by atoms with Crippen LogP contribution in [0.5, 0.6) is 0 Å². The van der Waals surface area contributed by atoms with Crippen LogP contribution in [0.1, 0.15) is 91.4 Å². The molecule has 3 nitrogen and oxygen atoms in total. The first-order chi connectivity index (χ1) is 13.3. The van der Waals surface area contributed by atoms with Gasteiger partial charge in [-0.3, -0.25) is 0 Å². The molecule has 0 amide bonds.